The fourth-order valence-corrected chi connectivity index (χ4v) is 3.57. The van der Waals surface area contributed by atoms with Crippen LogP contribution in [0.5, 0.6) is 0 Å². The summed E-state index contributed by atoms with van der Waals surface area (Å²) in [6, 6.07) is 0.858. The third-order valence-electron chi connectivity index (χ3n) is 4.97. The van der Waals surface area contributed by atoms with E-state index in [1.54, 1.807) is 0 Å². The Morgan fingerprint density at radius 2 is 1.84 bits per heavy atom. The Morgan fingerprint density at radius 3 is 2.47 bits per heavy atom. The van der Waals surface area contributed by atoms with Gasteiger partial charge in [-0.3, -0.25) is 9.59 Å². The van der Waals surface area contributed by atoms with Gasteiger partial charge in [0.1, 0.15) is 0 Å². The second kappa shape index (κ2) is 5.14. The van der Waals surface area contributed by atoms with E-state index in [9.17, 15) is 9.59 Å². The molecule has 1 aliphatic heterocycles. The van der Waals surface area contributed by atoms with Crippen LogP contribution in [0.1, 0.15) is 51.4 Å². The van der Waals surface area contributed by atoms with Gasteiger partial charge in [0.15, 0.2) is 0 Å². The van der Waals surface area contributed by atoms with E-state index in [4.69, 9.17) is 0 Å². The molecule has 3 fully saturated rings. The molecule has 2 aliphatic carbocycles. The fourth-order valence-electron chi connectivity index (χ4n) is 3.57. The first-order valence-electron chi connectivity index (χ1n) is 7.73. The molecular formula is C15H24N2O2. The van der Waals surface area contributed by atoms with E-state index in [0.29, 0.717) is 25.0 Å². The molecule has 0 bridgehead atoms. The topological polar surface area (TPSA) is 40.6 Å². The lowest BCUT2D eigenvalue weighted by atomic mass is 9.93. The molecule has 0 N–H and O–H groups in total. The minimum absolute atomic E-state index is 0.0833. The molecule has 2 amide bonds. The quantitative estimate of drug-likeness (QED) is 0.779. The van der Waals surface area contributed by atoms with E-state index in [1.807, 2.05) is 16.8 Å². The number of hydrogen-bond donors (Lipinski definition) is 0. The molecule has 1 unspecified atom stereocenters. The third kappa shape index (κ3) is 2.63. The molecule has 1 atom stereocenters. The Morgan fingerprint density at radius 1 is 1.16 bits per heavy atom. The summed E-state index contributed by atoms with van der Waals surface area (Å²) in [6.07, 6.45) is 8.74. The van der Waals surface area contributed by atoms with Crippen molar-refractivity contribution in [2.75, 3.05) is 13.6 Å². The smallest absolute Gasteiger partial charge is 0.227 e. The molecule has 0 radical (unpaired) electrons. The van der Waals surface area contributed by atoms with E-state index >= 15 is 0 Å². The highest BCUT2D eigenvalue weighted by Crippen LogP contribution is 2.33. The summed E-state index contributed by atoms with van der Waals surface area (Å²) in [5, 5.41) is 0. The molecule has 4 heteroatoms. The summed E-state index contributed by atoms with van der Waals surface area (Å²) in [7, 11) is 1.93. The van der Waals surface area contributed by atoms with Gasteiger partial charge in [0.2, 0.25) is 11.8 Å². The maximum atomic E-state index is 12.5. The summed E-state index contributed by atoms with van der Waals surface area (Å²) in [6.45, 7) is 0.666. The SMILES string of the molecule is CN(C(=O)C1CC(=O)N(C2CC2)C1)C1CCCCC1. The van der Waals surface area contributed by atoms with Crippen LogP contribution in [-0.2, 0) is 9.59 Å². The second-order valence-corrected chi connectivity index (χ2v) is 6.42. The van der Waals surface area contributed by atoms with Gasteiger partial charge in [-0.05, 0) is 25.7 Å². The lowest BCUT2D eigenvalue weighted by Gasteiger charge is -2.32. The van der Waals surface area contributed by atoms with E-state index in [-0.39, 0.29) is 17.7 Å². The predicted molar refractivity (Wildman–Crippen MR) is 72.5 cm³/mol. The van der Waals surface area contributed by atoms with Gasteiger partial charge < -0.3 is 9.80 Å². The van der Waals surface area contributed by atoms with Crippen LogP contribution in [0, 0.1) is 5.92 Å². The number of likely N-dealkylation sites (tertiary alicyclic amines) is 1. The summed E-state index contributed by atoms with van der Waals surface area (Å²) in [4.78, 5) is 28.3. The monoisotopic (exact) mass is 264 g/mol. The van der Waals surface area contributed by atoms with Gasteiger partial charge in [-0.2, -0.15) is 0 Å². The van der Waals surface area contributed by atoms with Crippen LogP contribution in [-0.4, -0.2) is 47.3 Å². The van der Waals surface area contributed by atoms with Gasteiger partial charge in [-0.15, -0.1) is 0 Å². The maximum Gasteiger partial charge on any atom is 0.227 e. The molecule has 1 heterocycles. The van der Waals surface area contributed by atoms with Gasteiger partial charge in [-0.25, -0.2) is 0 Å². The highest BCUT2D eigenvalue weighted by atomic mass is 16.2. The Labute approximate surface area is 115 Å². The van der Waals surface area contributed by atoms with Crippen molar-refractivity contribution in [3.63, 3.8) is 0 Å². The van der Waals surface area contributed by atoms with Gasteiger partial charge in [-0.1, -0.05) is 19.3 Å². The fraction of sp³-hybridized carbons (Fsp3) is 0.867. The molecule has 0 aromatic carbocycles. The first-order valence-corrected chi connectivity index (χ1v) is 7.73. The molecule has 4 nitrogen and oxygen atoms in total. The van der Waals surface area contributed by atoms with Crippen LogP contribution in [0.3, 0.4) is 0 Å². The summed E-state index contributed by atoms with van der Waals surface area (Å²) >= 11 is 0. The van der Waals surface area contributed by atoms with Crippen LogP contribution in [0.15, 0.2) is 0 Å². The van der Waals surface area contributed by atoms with Crippen LogP contribution in [0.2, 0.25) is 0 Å². The Kier molecular flexibility index (Phi) is 3.50. The zero-order valence-corrected chi connectivity index (χ0v) is 11.8. The van der Waals surface area contributed by atoms with Crippen LogP contribution >= 0.6 is 0 Å². The van der Waals surface area contributed by atoms with Crippen LogP contribution in [0.4, 0.5) is 0 Å². The summed E-state index contributed by atoms with van der Waals surface area (Å²) < 4.78 is 0. The Hall–Kier alpha value is -1.06. The average molecular weight is 264 g/mol. The van der Waals surface area contributed by atoms with E-state index in [2.05, 4.69) is 0 Å². The Bertz CT molecular complexity index is 372. The summed E-state index contributed by atoms with van der Waals surface area (Å²) in [5.74, 6) is 0.307. The molecule has 2 saturated carbocycles. The van der Waals surface area contributed by atoms with Crippen molar-refractivity contribution in [2.45, 2.75) is 63.5 Å². The van der Waals surface area contributed by atoms with Gasteiger partial charge in [0.25, 0.3) is 0 Å². The average Bonchev–Trinajstić information content (AvgIpc) is 3.21. The largest absolute Gasteiger partial charge is 0.342 e. The van der Waals surface area contributed by atoms with Crippen molar-refractivity contribution in [3.05, 3.63) is 0 Å². The van der Waals surface area contributed by atoms with Gasteiger partial charge >= 0.3 is 0 Å². The first-order chi connectivity index (χ1) is 9.16. The highest BCUT2D eigenvalue weighted by molar-refractivity contribution is 5.89. The number of hydrogen-bond acceptors (Lipinski definition) is 2. The van der Waals surface area contributed by atoms with E-state index in [0.717, 1.165) is 25.7 Å². The van der Waals surface area contributed by atoms with Crippen molar-refractivity contribution >= 4 is 11.8 Å². The Balaban J connectivity index is 1.59. The van der Waals surface area contributed by atoms with Crippen molar-refractivity contribution in [3.8, 4) is 0 Å². The number of nitrogens with zero attached hydrogens (tertiary/aromatic N) is 2. The normalized spacial score (nSPS) is 28.8. The minimum atomic E-state index is -0.0833. The molecule has 19 heavy (non-hydrogen) atoms. The first kappa shape index (κ1) is 12.9. The van der Waals surface area contributed by atoms with Crippen LogP contribution in [0.25, 0.3) is 0 Å². The standard InChI is InChI=1S/C15H24N2O2/c1-16(12-5-3-2-4-6-12)15(19)11-9-14(18)17(10-11)13-7-8-13/h11-13H,2-10H2,1H3. The van der Waals surface area contributed by atoms with Crippen molar-refractivity contribution < 1.29 is 9.59 Å². The molecule has 3 aliphatic rings. The zero-order valence-electron chi connectivity index (χ0n) is 11.8. The lowest BCUT2D eigenvalue weighted by Crippen LogP contribution is -2.42. The molecule has 3 rings (SSSR count). The van der Waals surface area contributed by atoms with Crippen molar-refractivity contribution in [2.24, 2.45) is 5.92 Å². The van der Waals surface area contributed by atoms with Gasteiger partial charge in [0.05, 0.1) is 5.92 Å². The number of amides is 2. The third-order valence-corrected chi connectivity index (χ3v) is 4.97. The summed E-state index contributed by atoms with van der Waals surface area (Å²) in [5.41, 5.74) is 0. The van der Waals surface area contributed by atoms with E-state index in [1.165, 1.54) is 19.3 Å². The highest BCUT2D eigenvalue weighted by Gasteiger charge is 2.43. The number of rotatable bonds is 3. The van der Waals surface area contributed by atoms with Crippen molar-refractivity contribution in [1.29, 1.82) is 0 Å². The minimum Gasteiger partial charge on any atom is -0.342 e. The van der Waals surface area contributed by atoms with Crippen molar-refractivity contribution in [1.82, 2.24) is 9.80 Å². The molecule has 106 valence electrons. The number of carbonyl (C=O) groups is 2. The zero-order chi connectivity index (χ0) is 13.4. The molecule has 1 saturated heterocycles. The maximum absolute atomic E-state index is 12.5. The molecular weight excluding hydrogens is 240 g/mol. The number of carbonyl (C=O) groups excluding carboxylic acids is 2. The van der Waals surface area contributed by atoms with Gasteiger partial charge in [0, 0.05) is 32.1 Å². The van der Waals surface area contributed by atoms with Crippen LogP contribution < -0.4 is 0 Å². The molecule has 0 aromatic heterocycles. The predicted octanol–water partition coefficient (Wildman–Crippen LogP) is 1.79. The van der Waals surface area contributed by atoms with E-state index < -0.39 is 0 Å². The molecule has 0 aromatic rings. The lowest BCUT2D eigenvalue weighted by molar-refractivity contribution is -0.137. The second-order valence-electron chi connectivity index (χ2n) is 6.42. The molecule has 0 spiro atoms.